The molecule has 0 spiro atoms. The quantitative estimate of drug-likeness (QED) is 0.407. The standard InChI is InChI=1S/C29H18O4/c30-26-20-10-4-5-11-21(20)27(31)24(26)16-14-19(18-8-2-1-3-9-18)15-17-25-28(32)22-12-6-7-13-23(22)29(25)33/h1-14,16-17H,15H2. The second kappa shape index (κ2) is 8.24. The first-order valence-corrected chi connectivity index (χ1v) is 10.6. The van der Waals surface area contributed by atoms with Crippen molar-refractivity contribution < 1.29 is 19.2 Å². The normalized spacial score (nSPS) is 15.1. The Morgan fingerprint density at radius 1 is 0.545 bits per heavy atom. The fourth-order valence-corrected chi connectivity index (χ4v) is 4.21. The molecule has 0 radical (unpaired) electrons. The monoisotopic (exact) mass is 430 g/mol. The number of ketones is 4. The summed E-state index contributed by atoms with van der Waals surface area (Å²) in [7, 11) is 0. The lowest BCUT2D eigenvalue weighted by Crippen LogP contribution is -2.01. The Hall–Kier alpha value is -4.44. The molecule has 3 aromatic carbocycles. The van der Waals surface area contributed by atoms with Gasteiger partial charge in [0.15, 0.2) is 23.1 Å². The summed E-state index contributed by atoms with van der Waals surface area (Å²) in [6.45, 7) is 0. The van der Waals surface area contributed by atoms with Crippen LogP contribution >= 0.6 is 0 Å². The summed E-state index contributed by atoms with van der Waals surface area (Å²) in [6.07, 6.45) is 5.19. The van der Waals surface area contributed by atoms with Gasteiger partial charge in [-0.1, -0.05) is 91.0 Å². The Balaban J connectivity index is 1.51. The molecule has 0 atom stereocenters. The zero-order valence-electron chi connectivity index (χ0n) is 17.6. The van der Waals surface area contributed by atoms with Crippen LogP contribution < -0.4 is 0 Å². The summed E-state index contributed by atoms with van der Waals surface area (Å²) in [5.74, 6) is -1.15. The van der Waals surface area contributed by atoms with Gasteiger partial charge in [-0.05, 0) is 23.6 Å². The third kappa shape index (κ3) is 3.52. The highest BCUT2D eigenvalue weighted by Crippen LogP contribution is 2.30. The lowest BCUT2D eigenvalue weighted by atomic mass is 9.98. The zero-order valence-corrected chi connectivity index (χ0v) is 17.6. The van der Waals surface area contributed by atoms with Crippen LogP contribution in [0.2, 0.25) is 0 Å². The highest BCUT2D eigenvalue weighted by atomic mass is 16.2. The van der Waals surface area contributed by atoms with Gasteiger partial charge in [-0.2, -0.15) is 0 Å². The molecule has 0 aliphatic heterocycles. The van der Waals surface area contributed by atoms with Crippen molar-refractivity contribution in [2.24, 2.45) is 0 Å². The fourth-order valence-electron chi connectivity index (χ4n) is 4.21. The number of hydrogen-bond donors (Lipinski definition) is 0. The predicted molar refractivity (Wildman–Crippen MR) is 125 cm³/mol. The topological polar surface area (TPSA) is 68.3 Å². The van der Waals surface area contributed by atoms with Gasteiger partial charge in [-0.3, -0.25) is 19.2 Å². The van der Waals surface area contributed by atoms with Crippen molar-refractivity contribution in [3.8, 4) is 0 Å². The third-order valence-electron chi connectivity index (χ3n) is 5.93. The summed E-state index contributed by atoms with van der Waals surface area (Å²) in [5.41, 5.74) is 3.56. The summed E-state index contributed by atoms with van der Waals surface area (Å²) in [6, 6.07) is 23.0. The molecule has 2 aliphatic carbocycles. The van der Waals surface area contributed by atoms with Crippen LogP contribution in [-0.2, 0) is 0 Å². The maximum atomic E-state index is 12.7. The van der Waals surface area contributed by atoms with Gasteiger partial charge in [-0.25, -0.2) is 0 Å². The maximum Gasteiger partial charge on any atom is 0.197 e. The van der Waals surface area contributed by atoms with E-state index in [0.29, 0.717) is 28.7 Å². The summed E-state index contributed by atoms with van der Waals surface area (Å²) in [5, 5.41) is 0. The minimum atomic E-state index is -0.297. The van der Waals surface area contributed by atoms with Gasteiger partial charge in [0, 0.05) is 22.3 Å². The molecule has 0 heterocycles. The summed E-state index contributed by atoms with van der Waals surface area (Å²) >= 11 is 0. The van der Waals surface area contributed by atoms with Crippen LogP contribution in [0.25, 0.3) is 5.57 Å². The molecular formula is C29H18O4. The number of allylic oxidation sites excluding steroid dienone is 6. The largest absolute Gasteiger partial charge is 0.288 e. The van der Waals surface area contributed by atoms with Crippen LogP contribution in [0, 0.1) is 0 Å². The van der Waals surface area contributed by atoms with Crippen molar-refractivity contribution in [1.82, 2.24) is 0 Å². The molecule has 0 unspecified atom stereocenters. The van der Waals surface area contributed by atoms with E-state index < -0.39 is 0 Å². The number of rotatable bonds is 4. The van der Waals surface area contributed by atoms with E-state index in [1.165, 1.54) is 0 Å². The molecule has 3 aromatic rings. The molecule has 0 fully saturated rings. The molecular weight excluding hydrogens is 412 g/mol. The fraction of sp³-hybridized carbons (Fsp3) is 0.0345. The van der Waals surface area contributed by atoms with E-state index in [0.717, 1.165) is 11.1 Å². The van der Waals surface area contributed by atoms with Gasteiger partial charge >= 0.3 is 0 Å². The smallest absolute Gasteiger partial charge is 0.197 e. The molecule has 4 heteroatoms. The van der Waals surface area contributed by atoms with Crippen molar-refractivity contribution in [3.05, 3.63) is 136 Å². The van der Waals surface area contributed by atoms with Crippen LogP contribution in [0.5, 0.6) is 0 Å². The second-order valence-corrected chi connectivity index (χ2v) is 7.87. The van der Waals surface area contributed by atoms with E-state index >= 15 is 0 Å². The Morgan fingerprint density at radius 3 is 1.45 bits per heavy atom. The number of carbonyl (C=O) groups excluding carboxylic acids is 4. The van der Waals surface area contributed by atoms with Gasteiger partial charge in [0.05, 0.1) is 11.1 Å². The van der Waals surface area contributed by atoms with Gasteiger partial charge in [0.25, 0.3) is 0 Å². The molecule has 5 rings (SSSR count). The summed E-state index contributed by atoms with van der Waals surface area (Å²) < 4.78 is 0. The minimum absolute atomic E-state index is 0.109. The van der Waals surface area contributed by atoms with Gasteiger partial charge in [0.2, 0.25) is 0 Å². The first kappa shape index (κ1) is 20.5. The van der Waals surface area contributed by atoms with Crippen LogP contribution in [0.3, 0.4) is 0 Å². The predicted octanol–water partition coefficient (Wildman–Crippen LogP) is 5.47. The third-order valence-corrected chi connectivity index (χ3v) is 5.93. The first-order valence-electron chi connectivity index (χ1n) is 10.6. The first-order chi connectivity index (χ1) is 16.1. The van der Waals surface area contributed by atoms with Crippen molar-refractivity contribution in [3.63, 3.8) is 0 Å². The van der Waals surface area contributed by atoms with E-state index in [1.807, 2.05) is 30.3 Å². The highest BCUT2D eigenvalue weighted by molar-refractivity contribution is 6.40. The SMILES string of the molecule is O=C1C(=CC=C(CC=C2C(=O)c3ccccc3C2=O)c2ccccc2)C(=O)c2ccccc21. The molecule has 0 saturated heterocycles. The van der Waals surface area contributed by atoms with Crippen LogP contribution in [0.1, 0.15) is 53.4 Å². The molecule has 0 N–H and O–H groups in total. The molecule has 158 valence electrons. The molecule has 33 heavy (non-hydrogen) atoms. The highest BCUT2D eigenvalue weighted by Gasteiger charge is 2.33. The number of fused-ring (bicyclic) bond motifs is 2. The molecule has 4 nitrogen and oxygen atoms in total. The number of carbonyl (C=O) groups is 4. The van der Waals surface area contributed by atoms with E-state index in [9.17, 15) is 19.2 Å². The van der Waals surface area contributed by atoms with Gasteiger partial charge < -0.3 is 0 Å². The molecule has 0 amide bonds. The number of Topliss-reactive ketones (excluding diaryl/α,β-unsaturated/α-hetero) is 4. The lowest BCUT2D eigenvalue weighted by molar-refractivity contribution is 0.0973. The van der Waals surface area contributed by atoms with Crippen molar-refractivity contribution >= 4 is 28.7 Å². The summed E-state index contributed by atoms with van der Waals surface area (Å²) in [4.78, 5) is 50.9. The lowest BCUT2D eigenvalue weighted by Gasteiger charge is -2.05. The second-order valence-electron chi connectivity index (χ2n) is 7.87. The average Bonchev–Trinajstić information content (AvgIpc) is 3.25. The van der Waals surface area contributed by atoms with Gasteiger partial charge in [-0.15, -0.1) is 0 Å². The molecule has 0 saturated carbocycles. The Bertz CT molecular complexity index is 1360. The Labute approximate surface area is 190 Å². The Morgan fingerprint density at radius 2 is 0.970 bits per heavy atom. The molecule has 2 aliphatic rings. The number of benzene rings is 3. The van der Waals surface area contributed by atoms with Crippen molar-refractivity contribution in [2.45, 2.75) is 6.42 Å². The maximum absolute atomic E-state index is 12.7. The zero-order chi connectivity index (χ0) is 22.9. The van der Waals surface area contributed by atoms with Crippen LogP contribution in [-0.4, -0.2) is 23.1 Å². The number of hydrogen-bond acceptors (Lipinski definition) is 4. The van der Waals surface area contributed by atoms with Gasteiger partial charge in [0.1, 0.15) is 0 Å². The van der Waals surface area contributed by atoms with Crippen molar-refractivity contribution in [1.29, 1.82) is 0 Å². The van der Waals surface area contributed by atoms with Crippen LogP contribution in [0.4, 0.5) is 0 Å². The Kier molecular flexibility index (Phi) is 5.11. The van der Waals surface area contributed by atoms with E-state index in [4.69, 9.17) is 0 Å². The van der Waals surface area contributed by atoms with E-state index in [1.54, 1.807) is 66.8 Å². The van der Waals surface area contributed by atoms with E-state index in [2.05, 4.69) is 0 Å². The van der Waals surface area contributed by atoms with E-state index in [-0.39, 0.29) is 34.3 Å². The molecule has 0 bridgehead atoms. The minimum Gasteiger partial charge on any atom is -0.288 e. The molecule has 0 aromatic heterocycles. The van der Waals surface area contributed by atoms with Crippen LogP contribution in [0.15, 0.2) is 108 Å². The van der Waals surface area contributed by atoms with Crippen molar-refractivity contribution in [2.75, 3.05) is 0 Å². The average molecular weight is 430 g/mol.